The third-order valence-electron chi connectivity index (χ3n) is 18.0. The minimum atomic E-state index is 0.887. The number of aromatic nitrogens is 1. The highest BCUT2D eigenvalue weighted by molar-refractivity contribution is 6.14. The second kappa shape index (κ2) is 19.4. The van der Waals surface area contributed by atoms with Crippen LogP contribution in [-0.4, -0.2) is 4.57 Å². The van der Waals surface area contributed by atoms with E-state index in [0.717, 1.165) is 6.42 Å². The van der Waals surface area contributed by atoms with Crippen LogP contribution in [0.25, 0.3) is 160 Å². The predicted octanol–water partition coefficient (Wildman–Crippen LogP) is 22.6. The van der Waals surface area contributed by atoms with Gasteiger partial charge in [0.2, 0.25) is 0 Å². The summed E-state index contributed by atoms with van der Waals surface area (Å²) in [4.78, 5) is 0. The summed E-state index contributed by atoms with van der Waals surface area (Å²) in [5.74, 6) is 0. The summed E-state index contributed by atoms with van der Waals surface area (Å²) in [7, 11) is 0. The molecule has 0 bridgehead atoms. The Morgan fingerprint density at radius 3 is 1.10 bits per heavy atom. The average molecular weight is 1060 g/mol. The van der Waals surface area contributed by atoms with E-state index in [1.807, 2.05) is 0 Å². The van der Waals surface area contributed by atoms with Crippen molar-refractivity contribution >= 4 is 64.9 Å². The average Bonchev–Trinajstić information content (AvgIpc) is 3.90. The summed E-state index contributed by atoms with van der Waals surface area (Å²) in [5, 5.41) is 12.7. The van der Waals surface area contributed by atoms with Crippen molar-refractivity contribution in [3.05, 3.63) is 321 Å². The Hall–Kier alpha value is -10.9. The molecule has 1 aliphatic carbocycles. The van der Waals surface area contributed by atoms with E-state index in [-0.39, 0.29) is 0 Å². The molecule has 1 heterocycles. The Morgan fingerprint density at radius 2 is 0.571 bits per heavy atom. The van der Waals surface area contributed by atoms with Crippen molar-refractivity contribution in [3.63, 3.8) is 0 Å². The minimum Gasteiger partial charge on any atom is -0.309 e. The van der Waals surface area contributed by atoms with Crippen molar-refractivity contribution in [2.45, 2.75) is 6.42 Å². The monoisotopic (exact) mass is 1060 g/mol. The summed E-state index contributed by atoms with van der Waals surface area (Å²) in [6.07, 6.45) is 0.887. The smallest absolute Gasteiger partial charge is 0.0541 e. The molecule has 0 spiro atoms. The molecule has 1 nitrogen and oxygen atoms in total. The molecule has 0 fully saturated rings. The quantitative estimate of drug-likeness (QED) is 0.134. The van der Waals surface area contributed by atoms with Crippen LogP contribution in [-0.2, 0) is 6.42 Å². The largest absolute Gasteiger partial charge is 0.309 e. The summed E-state index contributed by atoms with van der Waals surface area (Å²) in [6, 6.07) is 115. The van der Waals surface area contributed by atoms with Gasteiger partial charge in [0.15, 0.2) is 0 Å². The lowest BCUT2D eigenvalue weighted by Crippen LogP contribution is -1.95. The van der Waals surface area contributed by atoms with Crippen LogP contribution in [0.3, 0.4) is 0 Å². The van der Waals surface area contributed by atoms with Gasteiger partial charge in [-0.1, -0.05) is 267 Å². The molecule has 17 rings (SSSR count). The fourth-order valence-corrected chi connectivity index (χ4v) is 13.8. The lowest BCUT2D eigenvalue weighted by atomic mass is 9.92. The highest BCUT2D eigenvalue weighted by Gasteiger charge is 2.23. The Labute approximate surface area is 488 Å². The van der Waals surface area contributed by atoms with Crippen LogP contribution >= 0.6 is 0 Å². The predicted molar refractivity (Wildman–Crippen MR) is 357 cm³/mol. The van der Waals surface area contributed by atoms with Gasteiger partial charge in [-0.15, -0.1) is 0 Å². The number of fused-ring (bicyclic) bond motifs is 11. The van der Waals surface area contributed by atoms with E-state index in [1.165, 1.54) is 171 Å². The van der Waals surface area contributed by atoms with Gasteiger partial charge in [-0.25, -0.2) is 0 Å². The molecular weight excluding hydrogens is 1010 g/mol. The van der Waals surface area contributed by atoms with Crippen LogP contribution in [0.15, 0.2) is 309 Å². The van der Waals surface area contributed by atoms with E-state index >= 15 is 0 Å². The number of rotatable bonds is 8. The molecule has 390 valence electrons. The lowest BCUT2D eigenvalue weighted by molar-refractivity contribution is 1.16. The normalized spacial score (nSPS) is 12.0. The highest BCUT2D eigenvalue weighted by Crippen LogP contribution is 2.45. The van der Waals surface area contributed by atoms with Gasteiger partial charge in [0.05, 0.1) is 11.0 Å². The second-order valence-electron chi connectivity index (χ2n) is 22.7. The summed E-state index contributed by atoms with van der Waals surface area (Å²) < 4.78 is 2.49. The van der Waals surface area contributed by atoms with Gasteiger partial charge in [-0.3, -0.25) is 0 Å². The third kappa shape index (κ3) is 8.00. The Bertz CT molecular complexity index is 5060. The van der Waals surface area contributed by atoms with Gasteiger partial charge in [0.1, 0.15) is 0 Å². The number of hydrogen-bond acceptors (Lipinski definition) is 0. The van der Waals surface area contributed by atoms with Gasteiger partial charge in [-0.2, -0.15) is 0 Å². The van der Waals surface area contributed by atoms with Crippen LogP contribution in [0.4, 0.5) is 0 Å². The molecule has 0 amide bonds. The fraction of sp³-hybridized carbons (Fsp3) is 0.0120. The molecule has 84 heavy (non-hydrogen) atoms. The van der Waals surface area contributed by atoms with Crippen LogP contribution < -0.4 is 0 Å². The second-order valence-corrected chi connectivity index (χ2v) is 22.7. The molecule has 16 aromatic rings. The first-order valence-electron chi connectivity index (χ1n) is 29.2. The number of benzene rings is 15. The molecule has 0 aliphatic heterocycles. The molecule has 0 saturated carbocycles. The molecule has 15 aromatic carbocycles. The first kappa shape index (κ1) is 47.9. The SMILES string of the molecule is c1ccc2c(-c3ccc(-c4ccc(-c5ccc6c(c5)c5cc(-c7ccc(-c8ccc(-c9cccc%10ccccc9%10)cc8)cc7)ccc5n6-c5ccc6c(c5)Cc5cc(-c7cc8ccccc8c8ccccc78)ccc5-6)cc4)cc3)cccc2c1. The Balaban J connectivity index is 0.722. The zero-order chi connectivity index (χ0) is 55.2. The topological polar surface area (TPSA) is 4.93 Å². The Kier molecular flexibility index (Phi) is 11.1. The molecule has 1 aromatic heterocycles. The number of hydrogen-bond donors (Lipinski definition) is 0. The van der Waals surface area contributed by atoms with Crippen molar-refractivity contribution in [3.8, 4) is 94.7 Å². The van der Waals surface area contributed by atoms with Crippen LogP contribution in [0.1, 0.15) is 11.1 Å². The summed E-state index contributed by atoms with van der Waals surface area (Å²) in [5.41, 5.74) is 26.0. The molecule has 0 unspecified atom stereocenters. The van der Waals surface area contributed by atoms with Crippen LogP contribution in [0.5, 0.6) is 0 Å². The van der Waals surface area contributed by atoms with E-state index in [0.29, 0.717) is 0 Å². The van der Waals surface area contributed by atoms with Gasteiger partial charge >= 0.3 is 0 Å². The summed E-state index contributed by atoms with van der Waals surface area (Å²) in [6.45, 7) is 0. The van der Waals surface area contributed by atoms with Crippen molar-refractivity contribution in [1.29, 1.82) is 0 Å². The summed E-state index contributed by atoms with van der Waals surface area (Å²) >= 11 is 0. The molecule has 1 aliphatic rings. The van der Waals surface area contributed by atoms with Crippen molar-refractivity contribution in [1.82, 2.24) is 4.57 Å². The molecule has 0 atom stereocenters. The standard InChI is InChI=1S/C83H53N/c1-4-16-70-59(11-1)14-9-21-72(70)61-35-31-55(32-36-61)53-23-27-57(28-24-53)63-40-45-82-80(50-63)81-51-64(58-29-25-54(26-30-58)56-33-37-62(38-34-56)73-22-10-15-60-12-2-5-17-71(60)73)41-46-83(81)84(82)69-42-44-76-68(49-69)48-67-47-66(39-43-75(67)76)79-52-65-13-3-6-18-74(65)77-19-7-8-20-78(77)79/h1-47,49-52H,48H2. The maximum absolute atomic E-state index is 2.49. The Morgan fingerprint density at radius 1 is 0.190 bits per heavy atom. The highest BCUT2D eigenvalue weighted by atomic mass is 15.0. The lowest BCUT2D eigenvalue weighted by Gasteiger charge is -2.12. The molecular formula is C83H53N. The molecule has 0 saturated heterocycles. The van der Waals surface area contributed by atoms with Gasteiger partial charge in [0, 0.05) is 16.5 Å². The van der Waals surface area contributed by atoms with E-state index in [1.54, 1.807) is 0 Å². The van der Waals surface area contributed by atoms with Crippen molar-refractivity contribution in [2.24, 2.45) is 0 Å². The van der Waals surface area contributed by atoms with Crippen molar-refractivity contribution in [2.75, 3.05) is 0 Å². The van der Waals surface area contributed by atoms with Crippen LogP contribution in [0.2, 0.25) is 0 Å². The third-order valence-corrected chi connectivity index (χ3v) is 18.0. The molecule has 0 radical (unpaired) electrons. The van der Waals surface area contributed by atoms with Crippen LogP contribution in [0, 0.1) is 0 Å². The number of nitrogens with zero attached hydrogens (tertiary/aromatic N) is 1. The van der Waals surface area contributed by atoms with Gasteiger partial charge < -0.3 is 4.57 Å². The zero-order valence-corrected chi connectivity index (χ0v) is 46.1. The molecule has 1 heteroatoms. The van der Waals surface area contributed by atoms with E-state index in [9.17, 15) is 0 Å². The minimum absolute atomic E-state index is 0.887. The van der Waals surface area contributed by atoms with E-state index in [4.69, 9.17) is 0 Å². The van der Waals surface area contributed by atoms with E-state index < -0.39 is 0 Å². The molecule has 0 N–H and O–H groups in total. The maximum atomic E-state index is 2.49. The van der Waals surface area contributed by atoms with Crippen molar-refractivity contribution < 1.29 is 0 Å². The van der Waals surface area contributed by atoms with Gasteiger partial charge in [0.25, 0.3) is 0 Å². The van der Waals surface area contributed by atoms with E-state index in [2.05, 4.69) is 314 Å². The first-order valence-corrected chi connectivity index (χ1v) is 29.2. The fourth-order valence-electron chi connectivity index (χ4n) is 13.8. The first-order chi connectivity index (χ1) is 41.6. The zero-order valence-electron chi connectivity index (χ0n) is 46.1. The van der Waals surface area contributed by atoms with Gasteiger partial charge in [-0.05, 0) is 192 Å². The maximum Gasteiger partial charge on any atom is 0.0541 e.